The van der Waals surface area contributed by atoms with Gasteiger partial charge in [0.05, 0.1) is 0 Å². The first-order valence-electron chi connectivity index (χ1n) is 4.67. The maximum atomic E-state index is 2.35. The maximum absolute atomic E-state index is 2.35. The van der Waals surface area contributed by atoms with Gasteiger partial charge in [0, 0.05) is 6.04 Å². The summed E-state index contributed by atoms with van der Waals surface area (Å²) in [5, 5.41) is 0. The third-order valence-electron chi connectivity index (χ3n) is 2.51. The van der Waals surface area contributed by atoms with Gasteiger partial charge in [-0.1, -0.05) is 34.1 Å². The molecule has 0 N–H and O–H groups in total. The van der Waals surface area contributed by atoms with Gasteiger partial charge in [-0.05, 0) is 25.9 Å². The topological polar surface area (TPSA) is 3.24 Å². The van der Waals surface area contributed by atoms with Crippen molar-refractivity contribution in [1.29, 1.82) is 0 Å². The van der Waals surface area contributed by atoms with Crippen LogP contribution in [0.3, 0.4) is 0 Å². The molecule has 0 aromatic rings. The van der Waals surface area contributed by atoms with Gasteiger partial charge >= 0.3 is 0 Å². The highest BCUT2D eigenvalue weighted by molar-refractivity contribution is 4.74. The Morgan fingerprint density at radius 2 is 1.55 bits per heavy atom. The van der Waals surface area contributed by atoms with Crippen molar-refractivity contribution >= 4 is 0 Å². The number of rotatable bonds is 4. The second-order valence-electron chi connectivity index (χ2n) is 4.08. The van der Waals surface area contributed by atoms with Gasteiger partial charge in [0.15, 0.2) is 0 Å². The van der Waals surface area contributed by atoms with Gasteiger partial charge in [-0.2, -0.15) is 0 Å². The highest BCUT2D eigenvalue weighted by atomic mass is 15.1. The maximum Gasteiger partial charge on any atom is 0.0138 e. The normalized spacial score (nSPS) is 17.5. The predicted octanol–water partition coefficient (Wildman–Crippen LogP) is 2.62. The molecule has 0 spiro atoms. The van der Waals surface area contributed by atoms with Crippen LogP contribution in [0.15, 0.2) is 0 Å². The Morgan fingerprint density at radius 3 is 1.64 bits per heavy atom. The Labute approximate surface area is 71.8 Å². The molecule has 0 fully saturated rings. The molecule has 68 valence electrons. The summed E-state index contributed by atoms with van der Waals surface area (Å²) in [5.74, 6) is 1.57. The van der Waals surface area contributed by atoms with Crippen molar-refractivity contribution in [3.63, 3.8) is 0 Å². The van der Waals surface area contributed by atoms with E-state index >= 15 is 0 Å². The van der Waals surface area contributed by atoms with E-state index in [4.69, 9.17) is 0 Å². The SMILES string of the molecule is CCC(C)[C@@H](C(C)C)N(C)C. The molecule has 0 radical (unpaired) electrons. The summed E-state index contributed by atoms with van der Waals surface area (Å²) >= 11 is 0. The van der Waals surface area contributed by atoms with E-state index in [0.29, 0.717) is 0 Å². The predicted molar refractivity (Wildman–Crippen MR) is 51.8 cm³/mol. The van der Waals surface area contributed by atoms with Crippen molar-refractivity contribution in [3.8, 4) is 0 Å². The number of hydrogen-bond acceptors (Lipinski definition) is 1. The molecule has 11 heavy (non-hydrogen) atoms. The minimum Gasteiger partial charge on any atom is -0.306 e. The lowest BCUT2D eigenvalue weighted by Crippen LogP contribution is -2.38. The van der Waals surface area contributed by atoms with Crippen molar-refractivity contribution in [3.05, 3.63) is 0 Å². The van der Waals surface area contributed by atoms with E-state index in [-0.39, 0.29) is 0 Å². The fourth-order valence-corrected chi connectivity index (χ4v) is 2.00. The highest BCUT2D eigenvalue weighted by Crippen LogP contribution is 2.19. The van der Waals surface area contributed by atoms with Crippen LogP contribution in [-0.4, -0.2) is 25.0 Å². The smallest absolute Gasteiger partial charge is 0.0138 e. The van der Waals surface area contributed by atoms with Crippen molar-refractivity contribution in [1.82, 2.24) is 4.90 Å². The van der Waals surface area contributed by atoms with Crippen LogP contribution in [0.25, 0.3) is 0 Å². The summed E-state index contributed by atoms with van der Waals surface area (Å²) in [7, 11) is 4.35. The summed E-state index contributed by atoms with van der Waals surface area (Å²) in [6.07, 6.45) is 1.28. The van der Waals surface area contributed by atoms with Crippen LogP contribution in [0, 0.1) is 11.8 Å². The van der Waals surface area contributed by atoms with Crippen LogP contribution in [0.1, 0.15) is 34.1 Å². The minimum absolute atomic E-state index is 0.736. The van der Waals surface area contributed by atoms with Gasteiger partial charge < -0.3 is 4.90 Å². The zero-order valence-electron chi connectivity index (χ0n) is 8.89. The molecule has 0 aliphatic heterocycles. The average Bonchev–Trinajstić information content (AvgIpc) is 1.85. The lowest BCUT2D eigenvalue weighted by Gasteiger charge is -2.32. The minimum atomic E-state index is 0.736. The van der Waals surface area contributed by atoms with E-state index in [1.807, 2.05) is 0 Å². The summed E-state index contributed by atoms with van der Waals surface area (Å²) < 4.78 is 0. The third-order valence-corrected chi connectivity index (χ3v) is 2.51. The molecule has 0 heterocycles. The standard InChI is InChI=1S/C10H23N/c1-7-9(4)10(8(2)3)11(5)6/h8-10H,7H2,1-6H3/t9?,10-/m1/s1. The molecule has 2 atom stereocenters. The van der Waals surface area contributed by atoms with Gasteiger partial charge in [-0.15, -0.1) is 0 Å². The van der Waals surface area contributed by atoms with E-state index in [1.54, 1.807) is 0 Å². The highest BCUT2D eigenvalue weighted by Gasteiger charge is 2.20. The zero-order chi connectivity index (χ0) is 9.02. The molecule has 1 nitrogen and oxygen atoms in total. The molecular weight excluding hydrogens is 134 g/mol. The van der Waals surface area contributed by atoms with E-state index in [1.165, 1.54) is 6.42 Å². The molecule has 1 heteroatoms. The number of hydrogen-bond donors (Lipinski definition) is 0. The monoisotopic (exact) mass is 157 g/mol. The Morgan fingerprint density at radius 1 is 1.09 bits per heavy atom. The second kappa shape index (κ2) is 4.76. The molecule has 0 amide bonds. The Kier molecular flexibility index (Phi) is 4.74. The van der Waals surface area contributed by atoms with Crippen LogP contribution in [-0.2, 0) is 0 Å². The van der Waals surface area contributed by atoms with E-state index in [2.05, 4.69) is 46.7 Å². The van der Waals surface area contributed by atoms with Gasteiger partial charge in [0.1, 0.15) is 0 Å². The molecule has 0 aromatic carbocycles. The summed E-state index contributed by atoms with van der Waals surface area (Å²) in [6, 6.07) is 0.736. The molecule has 0 saturated carbocycles. The Bertz CT molecular complexity index is 89.0. The van der Waals surface area contributed by atoms with Gasteiger partial charge in [0.2, 0.25) is 0 Å². The average molecular weight is 157 g/mol. The first-order valence-corrected chi connectivity index (χ1v) is 4.67. The Balaban J connectivity index is 4.09. The summed E-state index contributed by atoms with van der Waals surface area (Å²) in [5.41, 5.74) is 0. The molecular formula is C10H23N. The lowest BCUT2D eigenvalue weighted by molar-refractivity contribution is 0.164. The van der Waals surface area contributed by atoms with Crippen molar-refractivity contribution < 1.29 is 0 Å². The molecule has 0 aliphatic carbocycles. The number of nitrogens with zero attached hydrogens (tertiary/aromatic N) is 1. The van der Waals surface area contributed by atoms with Gasteiger partial charge in [-0.3, -0.25) is 0 Å². The quantitative estimate of drug-likeness (QED) is 0.606. The molecule has 0 rings (SSSR count). The first kappa shape index (κ1) is 11.0. The lowest BCUT2D eigenvalue weighted by atomic mass is 9.89. The van der Waals surface area contributed by atoms with Gasteiger partial charge in [-0.25, -0.2) is 0 Å². The Hall–Kier alpha value is -0.0400. The van der Waals surface area contributed by atoms with Crippen LogP contribution in [0.2, 0.25) is 0 Å². The molecule has 1 unspecified atom stereocenters. The summed E-state index contributed by atoms with van der Waals surface area (Å²) in [4.78, 5) is 2.35. The van der Waals surface area contributed by atoms with Crippen LogP contribution >= 0.6 is 0 Å². The molecule has 0 aliphatic rings. The van der Waals surface area contributed by atoms with Gasteiger partial charge in [0.25, 0.3) is 0 Å². The van der Waals surface area contributed by atoms with E-state index in [0.717, 1.165) is 17.9 Å². The van der Waals surface area contributed by atoms with E-state index in [9.17, 15) is 0 Å². The van der Waals surface area contributed by atoms with Crippen molar-refractivity contribution in [2.24, 2.45) is 11.8 Å². The van der Waals surface area contributed by atoms with E-state index < -0.39 is 0 Å². The van der Waals surface area contributed by atoms with Crippen molar-refractivity contribution in [2.75, 3.05) is 14.1 Å². The fraction of sp³-hybridized carbons (Fsp3) is 1.00. The van der Waals surface area contributed by atoms with Crippen molar-refractivity contribution in [2.45, 2.75) is 40.2 Å². The molecule has 0 saturated heterocycles. The van der Waals surface area contributed by atoms with Crippen LogP contribution in [0.4, 0.5) is 0 Å². The fourth-order valence-electron chi connectivity index (χ4n) is 2.00. The largest absolute Gasteiger partial charge is 0.306 e. The zero-order valence-corrected chi connectivity index (χ0v) is 8.89. The molecule has 0 bridgehead atoms. The molecule has 0 aromatic heterocycles. The first-order chi connectivity index (χ1) is 5.00. The van der Waals surface area contributed by atoms with Crippen LogP contribution in [0.5, 0.6) is 0 Å². The van der Waals surface area contributed by atoms with Crippen LogP contribution < -0.4 is 0 Å². The summed E-state index contributed by atoms with van der Waals surface area (Å²) in [6.45, 7) is 9.21. The second-order valence-corrected chi connectivity index (χ2v) is 4.08. The third kappa shape index (κ3) is 3.24.